The number of imidazole rings is 1. The maximum Gasteiger partial charge on any atom is 0.103 e. The van der Waals surface area contributed by atoms with Crippen LogP contribution in [-0.2, 0) is 11.3 Å². The molecule has 1 aromatic rings. The fourth-order valence-corrected chi connectivity index (χ4v) is 2.50. The fraction of sp³-hybridized carbons (Fsp3) is 0.750. The van der Waals surface area contributed by atoms with E-state index in [1.807, 2.05) is 11.5 Å². The summed E-state index contributed by atoms with van der Waals surface area (Å²) in [5, 5.41) is 10.6. The molecule has 2 rings (SSSR count). The molecule has 0 aliphatic carbocycles. The number of hydrogen-bond acceptors (Lipinski definition) is 4. The van der Waals surface area contributed by atoms with Crippen LogP contribution in [0.15, 0.2) is 12.5 Å². The van der Waals surface area contributed by atoms with E-state index in [0.29, 0.717) is 19.8 Å². The maximum absolute atomic E-state index is 10.6. The molecule has 1 fully saturated rings. The van der Waals surface area contributed by atoms with E-state index in [-0.39, 0.29) is 5.41 Å². The highest BCUT2D eigenvalue weighted by Crippen LogP contribution is 2.41. The van der Waals surface area contributed by atoms with Crippen LogP contribution >= 0.6 is 0 Å². The third-order valence-electron chi connectivity index (χ3n) is 3.84. The Balaban J connectivity index is 2.24. The van der Waals surface area contributed by atoms with Gasteiger partial charge in [0.2, 0.25) is 0 Å². The lowest BCUT2D eigenvalue weighted by atomic mass is 9.74. The van der Waals surface area contributed by atoms with Gasteiger partial charge in [0.15, 0.2) is 0 Å². The first-order valence-electron chi connectivity index (χ1n) is 6.19. The lowest BCUT2D eigenvalue weighted by molar-refractivity contribution is -0.0609. The van der Waals surface area contributed by atoms with Gasteiger partial charge >= 0.3 is 0 Å². The van der Waals surface area contributed by atoms with Gasteiger partial charge in [-0.2, -0.15) is 0 Å². The molecule has 1 atom stereocenters. The average molecular weight is 239 g/mol. The van der Waals surface area contributed by atoms with Crippen molar-refractivity contribution in [1.82, 2.24) is 9.55 Å². The number of aryl methyl sites for hydroxylation is 1. The van der Waals surface area contributed by atoms with Gasteiger partial charge in [-0.05, 0) is 19.8 Å². The van der Waals surface area contributed by atoms with Crippen molar-refractivity contribution in [3.05, 3.63) is 18.2 Å². The van der Waals surface area contributed by atoms with E-state index in [1.54, 1.807) is 12.5 Å². The third kappa shape index (κ3) is 2.22. The van der Waals surface area contributed by atoms with Gasteiger partial charge in [-0.15, -0.1) is 0 Å². The van der Waals surface area contributed by atoms with Gasteiger partial charge in [0.1, 0.15) is 6.10 Å². The van der Waals surface area contributed by atoms with Crippen molar-refractivity contribution in [3.63, 3.8) is 0 Å². The Bertz CT molecular complexity index is 358. The minimum Gasteiger partial charge on any atom is -0.386 e. The minimum atomic E-state index is -0.557. The molecule has 1 aliphatic rings. The van der Waals surface area contributed by atoms with Crippen molar-refractivity contribution >= 4 is 0 Å². The molecule has 1 aliphatic heterocycles. The summed E-state index contributed by atoms with van der Waals surface area (Å²) in [6, 6.07) is 0. The lowest BCUT2D eigenvalue weighted by Gasteiger charge is -2.40. The van der Waals surface area contributed by atoms with Crippen LogP contribution < -0.4 is 5.73 Å². The molecule has 1 unspecified atom stereocenters. The first kappa shape index (κ1) is 12.5. The molecule has 17 heavy (non-hydrogen) atoms. The standard InChI is InChI=1S/C12H21N3O2/c1-2-15-9-14-7-10(15)11(16)12(8-13)3-5-17-6-4-12/h7,9,11,16H,2-6,8,13H2,1H3. The summed E-state index contributed by atoms with van der Waals surface area (Å²) < 4.78 is 7.33. The summed E-state index contributed by atoms with van der Waals surface area (Å²) >= 11 is 0. The molecule has 3 N–H and O–H groups in total. The fourth-order valence-electron chi connectivity index (χ4n) is 2.50. The smallest absolute Gasteiger partial charge is 0.103 e. The highest BCUT2D eigenvalue weighted by atomic mass is 16.5. The topological polar surface area (TPSA) is 73.3 Å². The lowest BCUT2D eigenvalue weighted by Crippen LogP contribution is -2.42. The quantitative estimate of drug-likeness (QED) is 0.811. The Labute approximate surface area is 102 Å². The Kier molecular flexibility index (Phi) is 3.81. The van der Waals surface area contributed by atoms with Crippen LogP contribution in [0.4, 0.5) is 0 Å². The van der Waals surface area contributed by atoms with Gasteiger partial charge in [0.25, 0.3) is 0 Å². The molecule has 0 aromatic carbocycles. The zero-order valence-corrected chi connectivity index (χ0v) is 10.3. The van der Waals surface area contributed by atoms with Crippen LogP contribution in [0.3, 0.4) is 0 Å². The number of rotatable bonds is 4. The summed E-state index contributed by atoms with van der Waals surface area (Å²) in [6.45, 7) is 4.68. The van der Waals surface area contributed by atoms with Crippen LogP contribution in [-0.4, -0.2) is 34.4 Å². The second kappa shape index (κ2) is 5.16. The summed E-state index contributed by atoms with van der Waals surface area (Å²) in [7, 11) is 0. The molecule has 5 nitrogen and oxygen atoms in total. The zero-order valence-electron chi connectivity index (χ0n) is 10.3. The molecule has 96 valence electrons. The van der Waals surface area contributed by atoms with Gasteiger partial charge in [-0.1, -0.05) is 0 Å². The molecule has 1 saturated heterocycles. The molecule has 0 spiro atoms. The average Bonchev–Trinajstić information content (AvgIpc) is 2.86. The number of nitrogens with two attached hydrogens (primary N) is 1. The van der Waals surface area contributed by atoms with Gasteiger partial charge in [0, 0.05) is 31.7 Å². The first-order valence-corrected chi connectivity index (χ1v) is 6.19. The van der Waals surface area contributed by atoms with Crippen molar-refractivity contribution in [1.29, 1.82) is 0 Å². The van der Waals surface area contributed by atoms with E-state index in [2.05, 4.69) is 4.98 Å². The van der Waals surface area contributed by atoms with Gasteiger partial charge < -0.3 is 20.1 Å². The summed E-state index contributed by atoms with van der Waals surface area (Å²) in [6.07, 6.45) is 4.54. The molecule has 5 heteroatoms. The number of ether oxygens (including phenoxy) is 1. The van der Waals surface area contributed by atoms with Crippen LogP contribution in [0.25, 0.3) is 0 Å². The van der Waals surface area contributed by atoms with E-state index in [0.717, 1.165) is 25.1 Å². The largest absolute Gasteiger partial charge is 0.386 e. The highest BCUT2D eigenvalue weighted by Gasteiger charge is 2.40. The van der Waals surface area contributed by atoms with Crippen molar-refractivity contribution in [3.8, 4) is 0 Å². The Hall–Kier alpha value is -0.910. The predicted molar refractivity (Wildman–Crippen MR) is 64.4 cm³/mol. The SMILES string of the molecule is CCn1cncc1C(O)C1(CN)CCOCC1. The third-order valence-corrected chi connectivity index (χ3v) is 3.84. The molecule has 0 bridgehead atoms. The van der Waals surface area contributed by atoms with Crippen molar-refractivity contribution in [2.45, 2.75) is 32.4 Å². The van der Waals surface area contributed by atoms with E-state index in [1.165, 1.54) is 0 Å². The van der Waals surface area contributed by atoms with Gasteiger partial charge in [0.05, 0.1) is 18.2 Å². The second-order valence-electron chi connectivity index (χ2n) is 4.69. The summed E-state index contributed by atoms with van der Waals surface area (Å²) in [5.74, 6) is 0. The molecular formula is C12H21N3O2. The Morgan fingerprint density at radius 2 is 2.29 bits per heavy atom. The Morgan fingerprint density at radius 1 is 1.59 bits per heavy atom. The maximum atomic E-state index is 10.6. The molecule has 0 radical (unpaired) electrons. The summed E-state index contributed by atoms with van der Waals surface area (Å²) in [4.78, 5) is 4.11. The molecular weight excluding hydrogens is 218 g/mol. The van der Waals surface area contributed by atoms with Crippen LogP contribution in [0, 0.1) is 5.41 Å². The number of aromatic nitrogens is 2. The number of aliphatic hydroxyl groups excluding tert-OH is 1. The molecule has 0 saturated carbocycles. The van der Waals surface area contributed by atoms with E-state index in [4.69, 9.17) is 10.5 Å². The first-order chi connectivity index (χ1) is 8.23. The number of hydrogen-bond donors (Lipinski definition) is 2. The van der Waals surface area contributed by atoms with Crippen molar-refractivity contribution in [2.75, 3.05) is 19.8 Å². The molecule has 2 heterocycles. The van der Waals surface area contributed by atoms with Crippen LogP contribution in [0.5, 0.6) is 0 Å². The van der Waals surface area contributed by atoms with Gasteiger partial charge in [-0.25, -0.2) is 4.98 Å². The molecule has 1 aromatic heterocycles. The van der Waals surface area contributed by atoms with Crippen molar-refractivity contribution < 1.29 is 9.84 Å². The van der Waals surface area contributed by atoms with E-state index >= 15 is 0 Å². The normalized spacial score (nSPS) is 21.4. The minimum absolute atomic E-state index is 0.259. The van der Waals surface area contributed by atoms with Crippen LogP contribution in [0.1, 0.15) is 31.6 Å². The van der Waals surface area contributed by atoms with E-state index < -0.39 is 6.10 Å². The van der Waals surface area contributed by atoms with Gasteiger partial charge in [-0.3, -0.25) is 0 Å². The monoisotopic (exact) mass is 239 g/mol. The predicted octanol–water partition coefficient (Wildman–Crippen LogP) is 0.692. The highest BCUT2D eigenvalue weighted by molar-refractivity contribution is 5.09. The second-order valence-corrected chi connectivity index (χ2v) is 4.69. The van der Waals surface area contributed by atoms with E-state index in [9.17, 15) is 5.11 Å². The van der Waals surface area contributed by atoms with Crippen LogP contribution in [0.2, 0.25) is 0 Å². The molecule has 0 amide bonds. The summed E-state index contributed by atoms with van der Waals surface area (Å²) in [5.41, 5.74) is 6.49. The number of nitrogens with zero attached hydrogens (tertiary/aromatic N) is 2. The zero-order chi connectivity index (χ0) is 12.3. The number of aliphatic hydroxyl groups is 1. The van der Waals surface area contributed by atoms with Crippen molar-refractivity contribution in [2.24, 2.45) is 11.1 Å². The Morgan fingerprint density at radius 3 is 2.88 bits per heavy atom.